The molecule has 1 saturated heterocycles. The van der Waals surface area contributed by atoms with Crippen LogP contribution in [0.3, 0.4) is 0 Å². The molecular formula is C14H24O2. The Bertz CT molecular complexity index is 233. The molecule has 0 aromatic heterocycles. The summed E-state index contributed by atoms with van der Waals surface area (Å²) in [5.74, 6) is 0.391. The number of hydrogen-bond donors (Lipinski definition) is 0. The molecule has 0 radical (unpaired) electrons. The Morgan fingerprint density at radius 1 is 1.50 bits per heavy atom. The van der Waals surface area contributed by atoms with Gasteiger partial charge in [0.05, 0.1) is 19.3 Å². The quantitative estimate of drug-likeness (QED) is 0.488. The lowest BCUT2D eigenvalue weighted by Gasteiger charge is -2.13. The molecule has 1 aliphatic rings. The van der Waals surface area contributed by atoms with Gasteiger partial charge < -0.3 is 9.47 Å². The first kappa shape index (κ1) is 13.5. The van der Waals surface area contributed by atoms with Crippen LogP contribution in [0, 0.1) is 5.92 Å². The van der Waals surface area contributed by atoms with Crippen LogP contribution in [0.15, 0.2) is 24.3 Å². The van der Waals surface area contributed by atoms with Gasteiger partial charge in [-0.05, 0) is 12.0 Å². The van der Waals surface area contributed by atoms with E-state index in [4.69, 9.17) is 9.47 Å². The van der Waals surface area contributed by atoms with Gasteiger partial charge in [-0.2, -0.15) is 0 Å². The summed E-state index contributed by atoms with van der Waals surface area (Å²) in [7, 11) is 1.72. The van der Waals surface area contributed by atoms with Gasteiger partial charge in [-0.1, -0.05) is 38.3 Å². The molecule has 1 heterocycles. The summed E-state index contributed by atoms with van der Waals surface area (Å²) in [5.41, 5.74) is 1.37. The largest absolute Gasteiger partial charge is 0.381 e. The highest BCUT2D eigenvalue weighted by molar-refractivity contribution is 5.21. The minimum Gasteiger partial charge on any atom is -0.381 e. The summed E-state index contributed by atoms with van der Waals surface area (Å²) in [6, 6.07) is 0. The Labute approximate surface area is 99.3 Å². The van der Waals surface area contributed by atoms with Gasteiger partial charge in [0, 0.05) is 13.0 Å². The van der Waals surface area contributed by atoms with Crippen LogP contribution in [0.1, 0.15) is 32.6 Å². The zero-order valence-electron chi connectivity index (χ0n) is 10.6. The minimum absolute atomic E-state index is 0.296. The highest BCUT2D eigenvalue weighted by Gasteiger charge is 2.28. The SMILES string of the molecule is C=CC1COC(CCCCC)/C1=C\COC. The van der Waals surface area contributed by atoms with Gasteiger partial charge in [-0.15, -0.1) is 6.58 Å². The number of methoxy groups -OCH3 is 1. The standard InChI is InChI=1S/C14H24O2/c1-4-6-7-8-14-13(9-10-15-3)12(5-2)11-16-14/h5,9,12,14H,2,4,6-8,10-11H2,1,3H3/b13-9-. The fourth-order valence-corrected chi connectivity index (χ4v) is 2.15. The van der Waals surface area contributed by atoms with Crippen LogP contribution in [-0.2, 0) is 9.47 Å². The molecule has 0 aromatic carbocycles. The highest BCUT2D eigenvalue weighted by atomic mass is 16.5. The lowest BCUT2D eigenvalue weighted by molar-refractivity contribution is 0.110. The van der Waals surface area contributed by atoms with Crippen LogP contribution >= 0.6 is 0 Å². The molecule has 0 N–H and O–H groups in total. The zero-order valence-corrected chi connectivity index (χ0v) is 10.6. The van der Waals surface area contributed by atoms with Crippen molar-refractivity contribution < 1.29 is 9.47 Å². The molecule has 1 rings (SSSR count). The van der Waals surface area contributed by atoms with E-state index in [9.17, 15) is 0 Å². The second-order valence-electron chi connectivity index (χ2n) is 4.32. The molecule has 0 bridgehead atoms. The van der Waals surface area contributed by atoms with Crippen LogP contribution in [0.5, 0.6) is 0 Å². The minimum atomic E-state index is 0.296. The third-order valence-electron chi connectivity index (χ3n) is 3.12. The lowest BCUT2D eigenvalue weighted by atomic mass is 9.95. The molecule has 0 spiro atoms. The Kier molecular flexibility index (Phi) is 6.43. The second kappa shape index (κ2) is 7.64. The van der Waals surface area contributed by atoms with Gasteiger partial charge >= 0.3 is 0 Å². The van der Waals surface area contributed by atoms with Gasteiger partial charge in [0.15, 0.2) is 0 Å². The summed E-state index contributed by atoms with van der Waals surface area (Å²) < 4.78 is 10.9. The molecule has 2 unspecified atom stereocenters. The van der Waals surface area contributed by atoms with Gasteiger partial charge in [0.1, 0.15) is 0 Å². The number of unbranched alkanes of at least 4 members (excludes halogenated alkanes) is 2. The third kappa shape index (κ3) is 3.76. The molecule has 1 aliphatic heterocycles. The molecule has 0 amide bonds. The molecule has 0 saturated carbocycles. The highest BCUT2D eigenvalue weighted by Crippen LogP contribution is 2.30. The van der Waals surface area contributed by atoms with Crippen LogP contribution in [0.25, 0.3) is 0 Å². The maximum atomic E-state index is 5.82. The van der Waals surface area contributed by atoms with Crippen LogP contribution in [0.4, 0.5) is 0 Å². The second-order valence-corrected chi connectivity index (χ2v) is 4.32. The first-order valence-corrected chi connectivity index (χ1v) is 6.26. The maximum absolute atomic E-state index is 5.82. The molecule has 2 heteroatoms. The summed E-state index contributed by atoms with van der Waals surface area (Å²) in [4.78, 5) is 0. The summed E-state index contributed by atoms with van der Waals surface area (Å²) in [5, 5.41) is 0. The normalized spacial score (nSPS) is 27.5. The van der Waals surface area contributed by atoms with E-state index in [-0.39, 0.29) is 0 Å². The van der Waals surface area contributed by atoms with E-state index in [0.29, 0.717) is 18.6 Å². The third-order valence-corrected chi connectivity index (χ3v) is 3.12. The number of ether oxygens (including phenoxy) is 2. The molecule has 0 aromatic rings. The predicted octanol–water partition coefficient (Wildman–Crippen LogP) is 3.34. The van der Waals surface area contributed by atoms with Crippen molar-refractivity contribution in [1.29, 1.82) is 0 Å². The predicted molar refractivity (Wildman–Crippen MR) is 67.5 cm³/mol. The molecule has 2 nitrogen and oxygen atoms in total. The van der Waals surface area contributed by atoms with Crippen molar-refractivity contribution in [2.45, 2.75) is 38.7 Å². The van der Waals surface area contributed by atoms with Crippen molar-refractivity contribution >= 4 is 0 Å². The van der Waals surface area contributed by atoms with E-state index in [1.807, 2.05) is 6.08 Å². The van der Waals surface area contributed by atoms with Gasteiger partial charge in [0.25, 0.3) is 0 Å². The topological polar surface area (TPSA) is 18.5 Å². The Balaban J connectivity index is 2.51. The Morgan fingerprint density at radius 3 is 2.94 bits per heavy atom. The first-order valence-electron chi connectivity index (χ1n) is 6.26. The van der Waals surface area contributed by atoms with Crippen molar-refractivity contribution in [2.24, 2.45) is 5.92 Å². The lowest BCUT2D eigenvalue weighted by Crippen LogP contribution is -2.09. The van der Waals surface area contributed by atoms with Crippen molar-refractivity contribution in [3.05, 3.63) is 24.3 Å². The summed E-state index contributed by atoms with van der Waals surface area (Å²) in [6.45, 7) is 7.56. The van der Waals surface area contributed by atoms with Crippen LogP contribution < -0.4 is 0 Å². The van der Waals surface area contributed by atoms with E-state index in [2.05, 4.69) is 19.6 Å². The maximum Gasteiger partial charge on any atom is 0.0792 e. The van der Waals surface area contributed by atoms with Gasteiger partial charge in [-0.25, -0.2) is 0 Å². The number of hydrogen-bond acceptors (Lipinski definition) is 2. The van der Waals surface area contributed by atoms with Crippen molar-refractivity contribution in [1.82, 2.24) is 0 Å². The first-order chi connectivity index (χ1) is 7.83. The van der Waals surface area contributed by atoms with Crippen molar-refractivity contribution in [3.63, 3.8) is 0 Å². The van der Waals surface area contributed by atoms with Crippen molar-refractivity contribution in [2.75, 3.05) is 20.3 Å². The molecule has 92 valence electrons. The average Bonchev–Trinajstić information content (AvgIpc) is 2.69. The number of rotatable bonds is 7. The molecule has 0 aliphatic carbocycles. The van der Waals surface area contributed by atoms with Gasteiger partial charge in [0.2, 0.25) is 0 Å². The summed E-state index contributed by atoms with van der Waals surface area (Å²) >= 11 is 0. The zero-order chi connectivity index (χ0) is 11.8. The van der Waals surface area contributed by atoms with E-state index in [1.165, 1.54) is 24.8 Å². The van der Waals surface area contributed by atoms with Gasteiger partial charge in [-0.3, -0.25) is 0 Å². The molecule has 1 fully saturated rings. The van der Waals surface area contributed by atoms with Crippen molar-refractivity contribution in [3.8, 4) is 0 Å². The van der Waals surface area contributed by atoms with E-state index in [0.717, 1.165) is 13.0 Å². The molecule has 2 atom stereocenters. The summed E-state index contributed by atoms with van der Waals surface area (Å²) in [6.07, 6.45) is 9.37. The van der Waals surface area contributed by atoms with E-state index in [1.54, 1.807) is 7.11 Å². The van der Waals surface area contributed by atoms with Crippen LogP contribution in [0.2, 0.25) is 0 Å². The fraction of sp³-hybridized carbons (Fsp3) is 0.714. The average molecular weight is 224 g/mol. The van der Waals surface area contributed by atoms with Crippen LogP contribution in [-0.4, -0.2) is 26.4 Å². The fourth-order valence-electron chi connectivity index (χ4n) is 2.15. The molecular weight excluding hydrogens is 200 g/mol. The Hall–Kier alpha value is -0.600. The molecule has 16 heavy (non-hydrogen) atoms. The van der Waals surface area contributed by atoms with E-state index >= 15 is 0 Å². The smallest absolute Gasteiger partial charge is 0.0792 e. The van der Waals surface area contributed by atoms with E-state index < -0.39 is 0 Å². The monoisotopic (exact) mass is 224 g/mol. The Morgan fingerprint density at radius 2 is 2.31 bits per heavy atom.